The Bertz CT molecular complexity index is 393. The molecule has 0 aliphatic rings. The van der Waals surface area contributed by atoms with Gasteiger partial charge in [0.05, 0.1) is 19.1 Å². The van der Waals surface area contributed by atoms with Gasteiger partial charge in [-0.3, -0.25) is 0 Å². The third kappa shape index (κ3) is 2.53. The van der Waals surface area contributed by atoms with Crippen LogP contribution in [-0.2, 0) is 0 Å². The van der Waals surface area contributed by atoms with Crippen LogP contribution >= 0.6 is 0 Å². The summed E-state index contributed by atoms with van der Waals surface area (Å²) >= 11 is 0. The highest BCUT2D eigenvalue weighted by Gasteiger charge is 2.13. The van der Waals surface area contributed by atoms with Crippen LogP contribution in [0.3, 0.4) is 0 Å². The second kappa shape index (κ2) is 5.53. The fraction of sp³-hybridized carbons (Fsp3) is 0.462. The number of nitrogens with zero attached hydrogens (tertiary/aromatic N) is 1. The van der Waals surface area contributed by atoms with Crippen molar-refractivity contribution in [3.63, 3.8) is 0 Å². The molecular formula is C13H18N2O. The molecule has 1 unspecified atom stereocenters. The largest absolute Gasteiger partial charge is 0.496 e. The first-order chi connectivity index (χ1) is 7.63. The summed E-state index contributed by atoms with van der Waals surface area (Å²) < 4.78 is 5.29. The van der Waals surface area contributed by atoms with Gasteiger partial charge in [0, 0.05) is 6.54 Å². The van der Waals surface area contributed by atoms with Crippen LogP contribution in [-0.4, -0.2) is 13.7 Å². The van der Waals surface area contributed by atoms with Crippen LogP contribution in [0, 0.1) is 11.3 Å². The molecule has 0 radical (unpaired) electrons. The van der Waals surface area contributed by atoms with Gasteiger partial charge >= 0.3 is 0 Å². The summed E-state index contributed by atoms with van der Waals surface area (Å²) in [5, 5.41) is 8.97. The molecule has 0 aliphatic heterocycles. The van der Waals surface area contributed by atoms with Crippen molar-refractivity contribution in [3.05, 3.63) is 29.3 Å². The van der Waals surface area contributed by atoms with Crippen LogP contribution in [0.1, 0.15) is 36.8 Å². The Balaban J connectivity index is 3.17. The van der Waals surface area contributed by atoms with Crippen molar-refractivity contribution >= 4 is 0 Å². The molecule has 16 heavy (non-hydrogen) atoms. The molecule has 3 heteroatoms. The zero-order valence-corrected chi connectivity index (χ0v) is 10.0. The van der Waals surface area contributed by atoms with Crippen molar-refractivity contribution < 1.29 is 4.74 Å². The molecule has 0 saturated heterocycles. The van der Waals surface area contributed by atoms with Gasteiger partial charge in [0.1, 0.15) is 5.75 Å². The standard InChI is InChI=1S/C13H18N2O/c1-9(2)12-6-10(11(7-14)8-15)4-5-13(12)16-3/h4-6,9,11H,7,14H2,1-3H3. The van der Waals surface area contributed by atoms with Crippen LogP contribution in [0.15, 0.2) is 18.2 Å². The quantitative estimate of drug-likeness (QED) is 0.844. The Hall–Kier alpha value is -1.53. The van der Waals surface area contributed by atoms with E-state index in [2.05, 4.69) is 19.9 Å². The van der Waals surface area contributed by atoms with Crippen LogP contribution in [0.2, 0.25) is 0 Å². The van der Waals surface area contributed by atoms with Crippen molar-refractivity contribution in [3.8, 4) is 11.8 Å². The predicted molar refractivity (Wildman–Crippen MR) is 64.5 cm³/mol. The van der Waals surface area contributed by atoms with Gasteiger partial charge in [-0.05, 0) is 23.1 Å². The maximum atomic E-state index is 8.97. The molecule has 0 saturated carbocycles. The summed E-state index contributed by atoms with van der Waals surface area (Å²) in [5.74, 6) is 1.00. The van der Waals surface area contributed by atoms with Gasteiger partial charge in [-0.25, -0.2) is 0 Å². The average molecular weight is 218 g/mol. The van der Waals surface area contributed by atoms with Crippen LogP contribution in [0.25, 0.3) is 0 Å². The highest BCUT2D eigenvalue weighted by Crippen LogP contribution is 2.29. The summed E-state index contributed by atoms with van der Waals surface area (Å²) in [6, 6.07) is 8.04. The van der Waals surface area contributed by atoms with Crippen molar-refractivity contribution in [2.24, 2.45) is 5.73 Å². The third-order valence-corrected chi connectivity index (χ3v) is 2.67. The molecule has 0 aromatic heterocycles. The summed E-state index contributed by atoms with van der Waals surface area (Å²) in [4.78, 5) is 0. The molecule has 1 aromatic carbocycles. The molecule has 0 fully saturated rings. The lowest BCUT2D eigenvalue weighted by molar-refractivity contribution is 0.407. The lowest BCUT2D eigenvalue weighted by atomic mass is 9.94. The minimum Gasteiger partial charge on any atom is -0.496 e. The van der Waals surface area contributed by atoms with Crippen LogP contribution in [0.4, 0.5) is 0 Å². The molecular weight excluding hydrogens is 200 g/mol. The van der Waals surface area contributed by atoms with Gasteiger partial charge in [0.15, 0.2) is 0 Å². The summed E-state index contributed by atoms with van der Waals surface area (Å²) in [5.41, 5.74) is 7.64. The Kier molecular flexibility index (Phi) is 4.33. The number of hydrogen-bond donors (Lipinski definition) is 1. The molecule has 0 heterocycles. The molecule has 0 spiro atoms. The van der Waals surface area contributed by atoms with E-state index < -0.39 is 0 Å². The van der Waals surface area contributed by atoms with E-state index in [-0.39, 0.29) is 5.92 Å². The van der Waals surface area contributed by atoms with E-state index >= 15 is 0 Å². The number of nitriles is 1. The van der Waals surface area contributed by atoms with E-state index in [4.69, 9.17) is 15.7 Å². The van der Waals surface area contributed by atoms with Gasteiger partial charge in [0.25, 0.3) is 0 Å². The van der Waals surface area contributed by atoms with Crippen molar-refractivity contribution in [2.75, 3.05) is 13.7 Å². The van der Waals surface area contributed by atoms with Gasteiger partial charge in [-0.1, -0.05) is 26.0 Å². The lowest BCUT2D eigenvalue weighted by Gasteiger charge is -2.15. The number of hydrogen-bond acceptors (Lipinski definition) is 3. The number of rotatable bonds is 4. The first-order valence-corrected chi connectivity index (χ1v) is 5.41. The second-order valence-corrected chi connectivity index (χ2v) is 4.07. The number of methoxy groups -OCH3 is 1. The molecule has 1 atom stereocenters. The molecule has 86 valence electrons. The fourth-order valence-corrected chi connectivity index (χ4v) is 1.68. The van der Waals surface area contributed by atoms with Crippen molar-refractivity contribution in [1.29, 1.82) is 5.26 Å². The summed E-state index contributed by atoms with van der Waals surface area (Å²) in [6.45, 7) is 4.55. The molecule has 2 N–H and O–H groups in total. The highest BCUT2D eigenvalue weighted by atomic mass is 16.5. The summed E-state index contributed by atoms with van der Waals surface area (Å²) in [7, 11) is 1.66. The number of nitrogens with two attached hydrogens (primary N) is 1. The van der Waals surface area contributed by atoms with E-state index in [1.807, 2.05) is 18.2 Å². The Morgan fingerprint density at radius 1 is 1.44 bits per heavy atom. The highest BCUT2D eigenvalue weighted by molar-refractivity contribution is 5.41. The molecule has 1 rings (SSSR count). The fourth-order valence-electron chi connectivity index (χ4n) is 1.68. The minimum atomic E-state index is -0.233. The second-order valence-electron chi connectivity index (χ2n) is 4.07. The predicted octanol–water partition coefficient (Wildman–Crippen LogP) is 2.38. The summed E-state index contributed by atoms with van der Waals surface area (Å²) in [6.07, 6.45) is 0. The van der Waals surface area contributed by atoms with Gasteiger partial charge in [-0.2, -0.15) is 5.26 Å². The van der Waals surface area contributed by atoms with Crippen molar-refractivity contribution in [2.45, 2.75) is 25.7 Å². The van der Waals surface area contributed by atoms with E-state index in [0.29, 0.717) is 12.5 Å². The topological polar surface area (TPSA) is 59.0 Å². The Labute approximate surface area is 96.8 Å². The Morgan fingerprint density at radius 3 is 2.56 bits per heavy atom. The first kappa shape index (κ1) is 12.5. The third-order valence-electron chi connectivity index (χ3n) is 2.67. The number of benzene rings is 1. The molecule has 0 aliphatic carbocycles. The smallest absolute Gasteiger partial charge is 0.122 e. The maximum Gasteiger partial charge on any atom is 0.122 e. The maximum absolute atomic E-state index is 8.97. The average Bonchev–Trinajstić information content (AvgIpc) is 2.30. The van der Waals surface area contributed by atoms with Gasteiger partial charge in [0.2, 0.25) is 0 Å². The molecule has 3 nitrogen and oxygen atoms in total. The van der Waals surface area contributed by atoms with E-state index in [1.165, 1.54) is 0 Å². The van der Waals surface area contributed by atoms with Gasteiger partial charge < -0.3 is 10.5 Å². The monoisotopic (exact) mass is 218 g/mol. The zero-order valence-electron chi connectivity index (χ0n) is 10.0. The Morgan fingerprint density at radius 2 is 2.12 bits per heavy atom. The normalized spacial score (nSPS) is 12.2. The van der Waals surface area contributed by atoms with E-state index in [9.17, 15) is 0 Å². The lowest BCUT2D eigenvalue weighted by Crippen LogP contribution is -2.11. The first-order valence-electron chi connectivity index (χ1n) is 5.41. The van der Waals surface area contributed by atoms with Crippen molar-refractivity contribution in [1.82, 2.24) is 0 Å². The molecule has 1 aromatic rings. The minimum absolute atomic E-state index is 0.233. The van der Waals surface area contributed by atoms with Gasteiger partial charge in [-0.15, -0.1) is 0 Å². The van der Waals surface area contributed by atoms with Crippen LogP contribution < -0.4 is 10.5 Å². The zero-order chi connectivity index (χ0) is 12.1. The number of ether oxygens (including phenoxy) is 1. The van der Waals surface area contributed by atoms with E-state index in [1.54, 1.807) is 7.11 Å². The molecule has 0 amide bonds. The SMILES string of the molecule is COc1ccc(C(C#N)CN)cc1C(C)C. The van der Waals surface area contributed by atoms with E-state index in [0.717, 1.165) is 16.9 Å². The molecule has 0 bridgehead atoms. The van der Waals surface area contributed by atoms with Crippen LogP contribution in [0.5, 0.6) is 5.75 Å².